The van der Waals surface area contributed by atoms with Crippen molar-refractivity contribution in [3.8, 4) is 5.75 Å². The lowest BCUT2D eigenvalue weighted by atomic mass is 9.85. The van der Waals surface area contributed by atoms with Crippen LogP contribution in [0.1, 0.15) is 68.6 Å². The summed E-state index contributed by atoms with van der Waals surface area (Å²) >= 11 is 3.03. The van der Waals surface area contributed by atoms with Crippen molar-refractivity contribution in [2.24, 2.45) is 22.1 Å². The Morgan fingerprint density at radius 3 is 2.15 bits per heavy atom. The molecule has 1 amide bonds. The molecule has 0 aliphatic heterocycles. The predicted octanol–water partition coefficient (Wildman–Crippen LogP) is 5.60. The summed E-state index contributed by atoms with van der Waals surface area (Å²) in [6.45, 7) is 20.1. The minimum atomic E-state index is -0.369. The second-order valence-electron chi connectivity index (χ2n) is 11.7. The smallest absolute Gasteiger partial charge is 0.255 e. The number of thiol groups is 1. The number of amides is 1. The minimum absolute atomic E-state index is 0.0940. The van der Waals surface area contributed by atoms with E-state index < -0.39 is 0 Å². The van der Waals surface area contributed by atoms with E-state index in [0.29, 0.717) is 39.9 Å². The molecular formula is C30H47N7O2S. The molecule has 8 N–H and O–H groups in total. The molecule has 0 saturated heterocycles. The van der Waals surface area contributed by atoms with Gasteiger partial charge in [0.2, 0.25) is 0 Å². The highest BCUT2D eigenvalue weighted by Crippen LogP contribution is 2.35. The maximum absolute atomic E-state index is 13.3. The van der Waals surface area contributed by atoms with Gasteiger partial charge >= 0.3 is 0 Å². The van der Waals surface area contributed by atoms with E-state index in [1.807, 2.05) is 46.8 Å². The first-order valence-corrected chi connectivity index (χ1v) is 13.3. The molecule has 2 aromatic carbocycles. The Morgan fingerprint density at radius 2 is 1.65 bits per heavy atom. The Morgan fingerprint density at radius 1 is 1.07 bits per heavy atom. The lowest BCUT2D eigenvalue weighted by Crippen LogP contribution is -2.37. The number of benzene rings is 2. The van der Waals surface area contributed by atoms with Crippen LogP contribution in [0, 0.1) is 24.7 Å². The number of amidine groups is 1. The van der Waals surface area contributed by atoms with Crippen LogP contribution in [0.15, 0.2) is 54.5 Å². The summed E-state index contributed by atoms with van der Waals surface area (Å²) in [5, 5.41) is 17.0. The van der Waals surface area contributed by atoms with Crippen molar-refractivity contribution in [1.82, 2.24) is 4.90 Å². The number of aryl methyl sites for hydroxylation is 2. The van der Waals surface area contributed by atoms with Crippen molar-refractivity contribution in [3.63, 3.8) is 0 Å². The van der Waals surface area contributed by atoms with Crippen molar-refractivity contribution in [3.05, 3.63) is 76.8 Å². The third-order valence-corrected chi connectivity index (χ3v) is 6.40. The number of hydrogen-bond acceptors (Lipinski definition) is 8. The van der Waals surface area contributed by atoms with Gasteiger partial charge in [0.1, 0.15) is 11.6 Å². The SMILES string of the molecule is C=C(/C(N)=C/N(N)c1cc(C(=O)Nc2cc(C(C)(C)C)cc(C)c2OC)ccc1C)N(C)C(=N)C(C)(C)C.NS. The van der Waals surface area contributed by atoms with Gasteiger partial charge in [0.15, 0.2) is 0 Å². The molecule has 0 aromatic heterocycles. The van der Waals surface area contributed by atoms with Crippen LogP contribution in [0.3, 0.4) is 0 Å². The zero-order valence-corrected chi connectivity index (χ0v) is 26.5. The first-order valence-electron chi connectivity index (χ1n) is 12.8. The molecule has 0 spiro atoms. The maximum Gasteiger partial charge on any atom is 0.255 e. The molecule has 40 heavy (non-hydrogen) atoms. The van der Waals surface area contributed by atoms with Crippen molar-refractivity contribution in [1.29, 1.82) is 5.41 Å². The lowest BCUT2D eigenvalue weighted by Gasteiger charge is -2.31. The van der Waals surface area contributed by atoms with Crippen LogP contribution in [0.2, 0.25) is 0 Å². The average Bonchev–Trinajstić information content (AvgIpc) is 2.87. The summed E-state index contributed by atoms with van der Waals surface area (Å²) in [6, 6.07) is 9.33. The molecule has 2 rings (SSSR count). The largest absolute Gasteiger partial charge is 0.494 e. The summed E-state index contributed by atoms with van der Waals surface area (Å²) in [5.74, 6) is 7.07. The summed E-state index contributed by atoms with van der Waals surface area (Å²) in [7, 11) is 3.34. The first-order chi connectivity index (χ1) is 18.4. The fourth-order valence-corrected chi connectivity index (χ4v) is 3.92. The minimum Gasteiger partial charge on any atom is -0.494 e. The van der Waals surface area contributed by atoms with E-state index in [-0.39, 0.29) is 16.7 Å². The number of carbonyl (C=O) groups excluding carboxylic acids is 1. The van der Waals surface area contributed by atoms with E-state index in [9.17, 15) is 4.79 Å². The molecule has 0 atom stereocenters. The molecule has 220 valence electrons. The molecule has 0 bridgehead atoms. The van der Waals surface area contributed by atoms with E-state index in [1.165, 1.54) is 11.2 Å². The fourth-order valence-electron chi connectivity index (χ4n) is 3.92. The lowest BCUT2D eigenvalue weighted by molar-refractivity contribution is 0.102. The van der Waals surface area contributed by atoms with E-state index in [4.69, 9.17) is 21.7 Å². The molecular weight excluding hydrogens is 522 g/mol. The number of hydrogen-bond donors (Lipinski definition) is 6. The van der Waals surface area contributed by atoms with Gasteiger partial charge in [-0.3, -0.25) is 20.4 Å². The number of likely N-dealkylation sites (N-methyl/N-ethyl adjacent to an activating group) is 1. The number of nitrogens with one attached hydrogen (secondary N) is 2. The predicted molar refractivity (Wildman–Crippen MR) is 172 cm³/mol. The van der Waals surface area contributed by atoms with Gasteiger partial charge in [0.25, 0.3) is 5.91 Å². The van der Waals surface area contributed by atoms with Crippen LogP contribution in [0.5, 0.6) is 5.75 Å². The molecule has 2 aromatic rings. The monoisotopic (exact) mass is 569 g/mol. The van der Waals surface area contributed by atoms with Gasteiger partial charge in [0, 0.05) is 24.2 Å². The van der Waals surface area contributed by atoms with Gasteiger partial charge in [-0.05, 0) is 54.2 Å². The summed E-state index contributed by atoms with van der Waals surface area (Å²) < 4.78 is 5.59. The molecule has 9 nitrogen and oxygen atoms in total. The van der Waals surface area contributed by atoms with Gasteiger partial charge in [-0.25, -0.2) is 5.84 Å². The number of nitrogens with zero attached hydrogens (tertiary/aromatic N) is 2. The number of carbonyl (C=O) groups is 1. The third kappa shape index (κ3) is 8.51. The second-order valence-corrected chi connectivity index (χ2v) is 11.7. The normalized spacial score (nSPS) is 11.7. The Hall–Kier alpha value is -3.47. The molecule has 0 fully saturated rings. The van der Waals surface area contributed by atoms with Gasteiger partial charge in [0.05, 0.1) is 29.9 Å². The Bertz CT molecular complexity index is 1270. The van der Waals surface area contributed by atoms with Crippen LogP contribution < -0.4 is 31.8 Å². The van der Waals surface area contributed by atoms with Crippen LogP contribution in [0.4, 0.5) is 11.4 Å². The highest BCUT2D eigenvalue weighted by molar-refractivity contribution is 7.77. The average molecular weight is 570 g/mol. The second kappa shape index (κ2) is 13.7. The van der Waals surface area contributed by atoms with Gasteiger partial charge in [-0.1, -0.05) is 60.3 Å². The Labute approximate surface area is 245 Å². The summed E-state index contributed by atoms with van der Waals surface area (Å²) in [6.07, 6.45) is 1.54. The van der Waals surface area contributed by atoms with Crippen LogP contribution in [-0.2, 0) is 5.41 Å². The highest BCUT2D eigenvalue weighted by Gasteiger charge is 2.24. The summed E-state index contributed by atoms with van der Waals surface area (Å²) in [4.78, 5) is 15.0. The zero-order valence-electron chi connectivity index (χ0n) is 25.6. The van der Waals surface area contributed by atoms with Gasteiger partial charge in [-0.2, -0.15) is 0 Å². The van der Waals surface area contributed by atoms with Crippen molar-refractivity contribution >= 4 is 35.9 Å². The van der Waals surface area contributed by atoms with E-state index in [0.717, 1.165) is 16.7 Å². The van der Waals surface area contributed by atoms with Crippen LogP contribution >= 0.6 is 12.8 Å². The van der Waals surface area contributed by atoms with E-state index in [1.54, 1.807) is 31.2 Å². The number of hydrazine groups is 1. The fraction of sp³-hybridized carbons (Fsp3) is 0.400. The molecule has 0 aliphatic rings. The number of ether oxygens (including phenoxy) is 1. The zero-order chi connectivity index (χ0) is 31.2. The van der Waals surface area contributed by atoms with Crippen LogP contribution in [0.25, 0.3) is 0 Å². The van der Waals surface area contributed by atoms with Gasteiger partial charge < -0.3 is 20.7 Å². The van der Waals surface area contributed by atoms with Gasteiger partial charge in [-0.15, -0.1) is 12.8 Å². The Kier molecular flexibility index (Phi) is 11.9. The first kappa shape index (κ1) is 34.6. The topological polar surface area (TPSA) is 147 Å². The van der Waals surface area contributed by atoms with Crippen molar-refractivity contribution < 1.29 is 9.53 Å². The molecule has 0 saturated carbocycles. The molecule has 0 aliphatic carbocycles. The molecule has 0 radical (unpaired) electrons. The van der Waals surface area contributed by atoms with Crippen molar-refractivity contribution in [2.75, 3.05) is 24.5 Å². The molecule has 10 heteroatoms. The van der Waals surface area contributed by atoms with Crippen LogP contribution in [-0.4, -0.2) is 30.8 Å². The van der Waals surface area contributed by atoms with E-state index in [2.05, 4.69) is 56.7 Å². The quantitative estimate of drug-likeness (QED) is 0.0635. The third-order valence-electron chi connectivity index (χ3n) is 6.40. The maximum atomic E-state index is 13.3. The number of nitrogens with two attached hydrogens (primary N) is 3. The highest BCUT2D eigenvalue weighted by atomic mass is 32.1. The number of anilines is 2. The summed E-state index contributed by atoms with van der Waals surface area (Å²) in [5.41, 5.74) is 11.1. The standard InChI is InChI=1S/C30H44N6O2.H3NS/c1-18-12-13-21(27(37)34-24-16-22(29(4,5)6)14-19(2)26(24)38-11)15-25(18)36(33)17-23(31)20(3)35(10)28(32)30(7,8)9;1-2/h12-17,32H,3,31,33H2,1-2,4-11H3,(H,34,37);2H,1H2/b23-17-,32-28?;. The van der Waals surface area contributed by atoms with Crippen molar-refractivity contribution in [2.45, 2.75) is 60.8 Å². The number of methoxy groups -OCH3 is 1. The molecule has 0 heterocycles. The Balaban J connectivity index is 0.00000391. The molecule has 0 unspecified atom stereocenters. The van der Waals surface area contributed by atoms with E-state index >= 15 is 0 Å². The number of rotatable bonds is 7.